The van der Waals surface area contributed by atoms with E-state index in [0.29, 0.717) is 38.5 Å². The molecule has 29 heavy (non-hydrogen) atoms. The van der Waals surface area contributed by atoms with Crippen LogP contribution < -0.4 is 5.73 Å². The average Bonchev–Trinajstić information content (AvgIpc) is 2.75. The molecule has 1 fully saturated rings. The maximum Gasteiger partial charge on any atom is 0.306 e. The third-order valence-corrected chi connectivity index (χ3v) is 5.79. The molecule has 8 nitrogen and oxygen atoms in total. The van der Waals surface area contributed by atoms with Crippen molar-refractivity contribution in [3.8, 4) is 0 Å². The van der Waals surface area contributed by atoms with E-state index >= 15 is 0 Å². The molecule has 0 spiro atoms. The summed E-state index contributed by atoms with van der Waals surface area (Å²) in [7, 11) is 4.93. The van der Waals surface area contributed by atoms with Crippen LogP contribution in [0.5, 0.6) is 0 Å². The highest BCUT2D eigenvalue weighted by Gasteiger charge is 2.22. The van der Waals surface area contributed by atoms with Gasteiger partial charge in [-0.15, -0.1) is 0 Å². The molecule has 2 N–H and O–H groups in total. The van der Waals surface area contributed by atoms with Gasteiger partial charge in [-0.25, -0.2) is 0 Å². The standard InChI is InChI=1S/C21H42N4O4/c1-23(14-11-22)15-17-25(19-7-5-4-6-8-19)18-16-24(12-9-20(26)28-2)13-10-21(27)29-3/h19H,4-18,22H2,1-3H3. The normalized spacial score (nSPS) is 15.3. The molecule has 1 rings (SSSR count). The third kappa shape index (κ3) is 11.5. The minimum Gasteiger partial charge on any atom is -0.469 e. The van der Waals surface area contributed by atoms with Crippen molar-refractivity contribution in [2.45, 2.75) is 51.0 Å². The van der Waals surface area contributed by atoms with Crippen LogP contribution in [0, 0.1) is 0 Å². The van der Waals surface area contributed by atoms with Crippen LogP contribution in [0.1, 0.15) is 44.9 Å². The van der Waals surface area contributed by atoms with Crippen LogP contribution in [0.2, 0.25) is 0 Å². The summed E-state index contributed by atoms with van der Waals surface area (Å²) in [6.45, 7) is 6.54. The zero-order valence-electron chi connectivity index (χ0n) is 18.7. The van der Waals surface area contributed by atoms with Crippen LogP contribution in [0.4, 0.5) is 0 Å². The van der Waals surface area contributed by atoms with E-state index in [-0.39, 0.29) is 11.9 Å². The van der Waals surface area contributed by atoms with Crippen LogP contribution in [-0.2, 0) is 19.1 Å². The second kappa shape index (κ2) is 15.6. The number of hydrogen-bond acceptors (Lipinski definition) is 8. The molecule has 1 aliphatic rings. The van der Waals surface area contributed by atoms with Gasteiger partial charge in [0.15, 0.2) is 0 Å². The van der Waals surface area contributed by atoms with Crippen molar-refractivity contribution >= 4 is 11.9 Å². The van der Waals surface area contributed by atoms with Gasteiger partial charge >= 0.3 is 11.9 Å². The molecule has 0 bridgehead atoms. The lowest BCUT2D eigenvalue weighted by atomic mass is 9.94. The Morgan fingerprint density at radius 2 is 1.38 bits per heavy atom. The van der Waals surface area contributed by atoms with E-state index in [1.54, 1.807) is 0 Å². The van der Waals surface area contributed by atoms with E-state index in [9.17, 15) is 9.59 Å². The Hall–Kier alpha value is -1.22. The fourth-order valence-corrected chi connectivity index (χ4v) is 3.86. The van der Waals surface area contributed by atoms with E-state index in [1.165, 1.54) is 46.3 Å². The van der Waals surface area contributed by atoms with Gasteiger partial charge in [0.25, 0.3) is 0 Å². The number of nitrogens with zero attached hydrogens (tertiary/aromatic N) is 3. The van der Waals surface area contributed by atoms with E-state index in [2.05, 4.69) is 21.7 Å². The Bertz CT molecular complexity index is 438. The fraction of sp³-hybridized carbons (Fsp3) is 0.905. The topological polar surface area (TPSA) is 88.3 Å². The second-order valence-corrected chi connectivity index (χ2v) is 7.91. The molecule has 170 valence electrons. The van der Waals surface area contributed by atoms with Gasteiger partial charge in [-0.3, -0.25) is 14.5 Å². The van der Waals surface area contributed by atoms with Gasteiger partial charge in [-0.1, -0.05) is 19.3 Å². The highest BCUT2D eigenvalue weighted by Crippen LogP contribution is 2.22. The minimum absolute atomic E-state index is 0.222. The van der Waals surface area contributed by atoms with Gasteiger partial charge in [0, 0.05) is 58.4 Å². The number of nitrogens with two attached hydrogens (primary N) is 1. The Labute approximate surface area is 176 Å². The summed E-state index contributed by atoms with van der Waals surface area (Å²) in [5, 5.41) is 0. The van der Waals surface area contributed by atoms with E-state index < -0.39 is 0 Å². The Kier molecular flexibility index (Phi) is 13.9. The summed E-state index contributed by atoms with van der Waals surface area (Å²) >= 11 is 0. The van der Waals surface area contributed by atoms with E-state index in [1.807, 2.05) is 0 Å². The summed E-state index contributed by atoms with van der Waals surface area (Å²) in [6, 6.07) is 0.623. The van der Waals surface area contributed by atoms with Crippen molar-refractivity contribution in [3.63, 3.8) is 0 Å². The first-order chi connectivity index (χ1) is 14.0. The molecule has 0 amide bonds. The molecule has 0 aromatic heterocycles. The predicted octanol–water partition coefficient (Wildman–Crippen LogP) is 0.940. The molecule has 1 saturated carbocycles. The third-order valence-electron chi connectivity index (χ3n) is 5.79. The molecule has 1 aliphatic carbocycles. The summed E-state index contributed by atoms with van der Waals surface area (Å²) in [5.41, 5.74) is 5.68. The number of methoxy groups -OCH3 is 2. The zero-order chi connectivity index (χ0) is 21.5. The SMILES string of the molecule is COC(=O)CCN(CCC(=O)OC)CCN(CCN(C)CCN)C1CCCCC1. The maximum atomic E-state index is 11.6. The number of likely N-dealkylation sites (N-methyl/N-ethyl adjacent to an activating group) is 1. The van der Waals surface area contributed by atoms with Gasteiger partial charge in [0.2, 0.25) is 0 Å². The molecular weight excluding hydrogens is 372 g/mol. The number of rotatable bonds is 15. The molecule has 0 heterocycles. The molecule has 0 unspecified atom stereocenters. The highest BCUT2D eigenvalue weighted by atomic mass is 16.5. The second-order valence-electron chi connectivity index (χ2n) is 7.91. The molecule has 0 radical (unpaired) electrons. The van der Waals surface area contributed by atoms with Crippen molar-refractivity contribution in [2.75, 3.05) is 73.6 Å². The molecule has 0 aliphatic heterocycles. The first-order valence-electron chi connectivity index (χ1n) is 11.0. The van der Waals surface area contributed by atoms with Gasteiger partial charge in [-0.2, -0.15) is 0 Å². The van der Waals surface area contributed by atoms with Gasteiger partial charge < -0.3 is 25.0 Å². The van der Waals surface area contributed by atoms with Crippen LogP contribution >= 0.6 is 0 Å². The fourth-order valence-electron chi connectivity index (χ4n) is 3.86. The Morgan fingerprint density at radius 3 is 1.90 bits per heavy atom. The Morgan fingerprint density at radius 1 is 0.828 bits per heavy atom. The van der Waals surface area contributed by atoms with Crippen molar-refractivity contribution < 1.29 is 19.1 Å². The summed E-state index contributed by atoms with van der Waals surface area (Å²) in [5.74, 6) is -0.443. The average molecular weight is 415 g/mol. The number of esters is 2. The van der Waals surface area contributed by atoms with Gasteiger partial charge in [0.1, 0.15) is 0 Å². The highest BCUT2D eigenvalue weighted by molar-refractivity contribution is 5.70. The maximum absolute atomic E-state index is 11.6. The van der Waals surface area contributed by atoms with Crippen LogP contribution in [0.3, 0.4) is 0 Å². The molecule has 0 aromatic carbocycles. The monoisotopic (exact) mass is 414 g/mol. The molecule has 0 saturated heterocycles. The number of ether oxygens (including phenoxy) is 2. The van der Waals surface area contributed by atoms with Crippen LogP contribution in [-0.4, -0.2) is 106 Å². The number of carbonyl (C=O) groups is 2. The van der Waals surface area contributed by atoms with Crippen LogP contribution in [0.15, 0.2) is 0 Å². The summed E-state index contributed by atoms with van der Waals surface area (Å²) in [4.78, 5) is 30.2. The predicted molar refractivity (Wildman–Crippen MR) is 115 cm³/mol. The lowest BCUT2D eigenvalue weighted by Gasteiger charge is -2.36. The van der Waals surface area contributed by atoms with E-state index in [4.69, 9.17) is 15.2 Å². The quantitative estimate of drug-likeness (QED) is 0.396. The summed E-state index contributed by atoms with van der Waals surface area (Å²) in [6.07, 6.45) is 7.11. The molecule has 0 atom stereocenters. The first kappa shape index (κ1) is 25.8. The molecule has 8 heteroatoms. The van der Waals surface area contributed by atoms with Crippen molar-refractivity contribution in [3.05, 3.63) is 0 Å². The van der Waals surface area contributed by atoms with Gasteiger partial charge in [-0.05, 0) is 19.9 Å². The summed E-state index contributed by atoms with van der Waals surface area (Å²) < 4.78 is 9.55. The first-order valence-corrected chi connectivity index (χ1v) is 11.0. The smallest absolute Gasteiger partial charge is 0.306 e. The number of carbonyl (C=O) groups excluding carboxylic acids is 2. The lowest BCUT2D eigenvalue weighted by molar-refractivity contribution is -0.141. The number of hydrogen-bond donors (Lipinski definition) is 1. The largest absolute Gasteiger partial charge is 0.469 e. The van der Waals surface area contributed by atoms with Crippen molar-refractivity contribution in [2.24, 2.45) is 5.73 Å². The van der Waals surface area contributed by atoms with Gasteiger partial charge in [0.05, 0.1) is 27.1 Å². The molecule has 0 aromatic rings. The molecular formula is C21H42N4O4. The van der Waals surface area contributed by atoms with Crippen LogP contribution in [0.25, 0.3) is 0 Å². The lowest BCUT2D eigenvalue weighted by Crippen LogP contribution is -2.46. The van der Waals surface area contributed by atoms with E-state index in [0.717, 1.165) is 32.7 Å². The Balaban J connectivity index is 2.63. The van der Waals surface area contributed by atoms with Crippen molar-refractivity contribution in [1.82, 2.24) is 14.7 Å². The minimum atomic E-state index is -0.222. The zero-order valence-corrected chi connectivity index (χ0v) is 18.7. The van der Waals surface area contributed by atoms with Crippen molar-refractivity contribution in [1.29, 1.82) is 0 Å².